The Bertz CT molecular complexity index is 534. The minimum absolute atomic E-state index is 0.169. The molecule has 3 heteroatoms. The minimum atomic E-state index is -0.169. The number of primary amides is 1. The zero-order valence-corrected chi connectivity index (χ0v) is 14.2. The Kier molecular flexibility index (Phi) is 5.71. The van der Waals surface area contributed by atoms with Gasteiger partial charge in [0.2, 0.25) is 5.91 Å². The summed E-state index contributed by atoms with van der Waals surface area (Å²) < 4.78 is 0. The van der Waals surface area contributed by atoms with Gasteiger partial charge in [-0.05, 0) is 80.6 Å². The fourth-order valence-electron chi connectivity index (χ4n) is 4.26. The van der Waals surface area contributed by atoms with Gasteiger partial charge in [-0.25, -0.2) is 0 Å². The molecule has 0 unspecified atom stereocenters. The molecule has 126 valence electrons. The number of fused-ring (bicyclic) bond motifs is 1. The molecule has 1 heterocycles. The van der Waals surface area contributed by atoms with Gasteiger partial charge in [0.25, 0.3) is 0 Å². The SMILES string of the molecule is NC(=O)CCC[C@H]1CCCc2cc(CN3CCCCC3)ccc21. The standard InChI is InChI=1S/C20H30N2O/c21-20(23)9-5-7-17-6-4-8-18-14-16(10-11-19(17)18)15-22-12-2-1-3-13-22/h10-11,14,17H,1-9,12-13,15H2,(H2,21,23)/t17-/m1/s1. The van der Waals surface area contributed by atoms with E-state index in [-0.39, 0.29) is 5.91 Å². The summed E-state index contributed by atoms with van der Waals surface area (Å²) in [5, 5.41) is 0. The smallest absolute Gasteiger partial charge is 0.217 e. The molecule has 23 heavy (non-hydrogen) atoms. The van der Waals surface area contributed by atoms with Crippen molar-refractivity contribution < 1.29 is 4.79 Å². The highest BCUT2D eigenvalue weighted by Gasteiger charge is 2.21. The average Bonchev–Trinajstić information content (AvgIpc) is 2.55. The van der Waals surface area contributed by atoms with Gasteiger partial charge < -0.3 is 5.73 Å². The van der Waals surface area contributed by atoms with Crippen molar-refractivity contribution in [2.75, 3.05) is 13.1 Å². The van der Waals surface area contributed by atoms with Gasteiger partial charge in [-0.3, -0.25) is 9.69 Å². The predicted molar refractivity (Wildman–Crippen MR) is 94.3 cm³/mol. The van der Waals surface area contributed by atoms with Gasteiger partial charge >= 0.3 is 0 Å². The summed E-state index contributed by atoms with van der Waals surface area (Å²) in [7, 11) is 0. The van der Waals surface area contributed by atoms with Crippen LogP contribution in [-0.2, 0) is 17.8 Å². The maximum Gasteiger partial charge on any atom is 0.217 e. The molecule has 0 radical (unpaired) electrons. The second kappa shape index (κ2) is 7.96. The molecule has 1 saturated heterocycles. The molecular formula is C20H30N2O. The number of amides is 1. The normalized spacial score (nSPS) is 21.8. The van der Waals surface area contributed by atoms with Gasteiger partial charge in [-0.15, -0.1) is 0 Å². The molecule has 2 N–H and O–H groups in total. The Labute approximate surface area is 140 Å². The van der Waals surface area contributed by atoms with E-state index in [2.05, 4.69) is 23.1 Å². The highest BCUT2D eigenvalue weighted by molar-refractivity contribution is 5.73. The molecule has 1 atom stereocenters. The molecule has 1 aliphatic carbocycles. The van der Waals surface area contributed by atoms with E-state index >= 15 is 0 Å². The van der Waals surface area contributed by atoms with Gasteiger partial charge in [0.15, 0.2) is 0 Å². The van der Waals surface area contributed by atoms with Crippen molar-refractivity contribution in [3.05, 3.63) is 34.9 Å². The quantitative estimate of drug-likeness (QED) is 0.869. The van der Waals surface area contributed by atoms with E-state index in [1.807, 2.05) is 0 Å². The summed E-state index contributed by atoms with van der Waals surface area (Å²) in [6.07, 6.45) is 10.4. The molecule has 1 fully saturated rings. The summed E-state index contributed by atoms with van der Waals surface area (Å²) >= 11 is 0. The van der Waals surface area contributed by atoms with Gasteiger partial charge in [-0.1, -0.05) is 24.6 Å². The summed E-state index contributed by atoms with van der Waals surface area (Å²) in [6, 6.07) is 7.15. The number of rotatable bonds is 6. The summed E-state index contributed by atoms with van der Waals surface area (Å²) in [4.78, 5) is 13.5. The van der Waals surface area contributed by atoms with Crippen molar-refractivity contribution in [2.45, 2.75) is 70.3 Å². The summed E-state index contributed by atoms with van der Waals surface area (Å²) in [5.41, 5.74) is 9.82. The lowest BCUT2D eigenvalue weighted by atomic mass is 9.79. The largest absolute Gasteiger partial charge is 0.370 e. The molecule has 1 aromatic rings. The van der Waals surface area contributed by atoms with Crippen molar-refractivity contribution in [1.29, 1.82) is 0 Å². The van der Waals surface area contributed by atoms with Crippen LogP contribution in [0.3, 0.4) is 0 Å². The molecule has 3 rings (SSSR count). The number of aryl methyl sites for hydroxylation is 1. The first kappa shape index (κ1) is 16.5. The van der Waals surface area contributed by atoms with Crippen LogP contribution in [0.15, 0.2) is 18.2 Å². The second-order valence-electron chi connectivity index (χ2n) is 7.32. The number of benzene rings is 1. The molecule has 1 aromatic carbocycles. The number of likely N-dealkylation sites (tertiary alicyclic amines) is 1. The molecule has 0 spiro atoms. The van der Waals surface area contributed by atoms with E-state index in [0.717, 1.165) is 19.4 Å². The Morgan fingerprint density at radius 2 is 2.00 bits per heavy atom. The van der Waals surface area contributed by atoms with Crippen LogP contribution in [0, 0.1) is 0 Å². The first-order chi connectivity index (χ1) is 11.2. The summed E-state index contributed by atoms with van der Waals surface area (Å²) in [5.74, 6) is 0.458. The first-order valence-corrected chi connectivity index (χ1v) is 9.35. The van der Waals surface area contributed by atoms with Crippen LogP contribution in [0.1, 0.15) is 74.0 Å². The highest BCUT2D eigenvalue weighted by Crippen LogP contribution is 2.35. The predicted octanol–water partition coefficient (Wildman–Crippen LogP) is 3.75. The van der Waals surface area contributed by atoms with Gasteiger partial charge in [0.1, 0.15) is 0 Å². The van der Waals surface area contributed by atoms with Crippen LogP contribution >= 0.6 is 0 Å². The van der Waals surface area contributed by atoms with Crippen LogP contribution in [0.4, 0.5) is 0 Å². The molecule has 0 saturated carbocycles. The maximum absolute atomic E-state index is 10.9. The Hall–Kier alpha value is -1.35. The second-order valence-corrected chi connectivity index (χ2v) is 7.32. The average molecular weight is 314 g/mol. The Balaban J connectivity index is 1.63. The van der Waals surface area contributed by atoms with Gasteiger partial charge in [0.05, 0.1) is 0 Å². The van der Waals surface area contributed by atoms with Crippen molar-refractivity contribution >= 4 is 5.91 Å². The molecule has 2 aliphatic rings. The van der Waals surface area contributed by atoms with E-state index < -0.39 is 0 Å². The maximum atomic E-state index is 10.9. The molecule has 1 aliphatic heterocycles. The molecule has 0 aromatic heterocycles. The third-order valence-electron chi connectivity index (χ3n) is 5.48. The number of piperidine rings is 1. The van der Waals surface area contributed by atoms with Gasteiger partial charge in [0, 0.05) is 13.0 Å². The van der Waals surface area contributed by atoms with Crippen LogP contribution in [0.2, 0.25) is 0 Å². The Morgan fingerprint density at radius 3 is 2.78 bits per heavy atom. The molecule has 3 nitrogen and oxygen atoms in total. The zero-order chi connectivity index (χ0) is 16.1. The minimum Gasteiger partial charge on any atom is -0.370 e. The fourth-order valence-corrected chi connectivity index (χ4v) is 4.26. The highest BCUT2D eigenvalue weighted by atomic mass is 16.1. The lowest BCUT2D eigenvalue weighted by Gasteiger charge is -2.29. The Morgan fingerprint density at radius 1 is 1.17 bits per heavy atom. The van der Waals surface area contributed by atoms with Crippen LogP contribution in [-0.4, -0.2) is 23.9 Å². The van der Waals surface area contributed by atoms with E-state index in [9.17, 15) is 4.79 Å². The lowest BCUT2D eigenvalue weighted by molar-refractivity contribution is -0.118. The monoisotopic (exact) mass is 314 g/mol. The van der Waals surface area contributed by atoms with Crippen LogP contribution in [0.25, 0.3) is 0 Å². The van der Waals surface area contributed by atoms with Crippen molar-refractivity contribution in [2.24, 2.45) is 5.73 Å². The third-order valence-corrected chi connectivity index (χ3v) is 5.48. The molecular weight excluding hydrogens is 284 g/mol. The lowest BCUT2D eigenvalue weighted by Crippen LogP contribution is -2.29. The van der Waals surface area contributed by atoms with Crippen LogP contribution < -0.4 is 5.73 Å². The molecule has 0 bridgehead atoms. The van der Waals surface area contributed by atoms with Gasteiger partial charge in [-0.2, -0.15) is 0 Å². The number of carbonyl (C=O) groups is 1. The fraction of sp³-hybridized carbons (Fsp3) is 0.650. The number of nitrogens with two attached hydrogens (primary N) is 1. The number of hydrogen-bond donors (Lipinski definition) is 1. The number of nitrogens with zero attached hydrogens (tertiary/aromatic N) is 1. The van der Waals surface area contributed by atoms with Crippen molar-refractivity contribution in [3.8, 4) is 0 Å². The van der Waals surface area contributed by atoms with Crippen molar-refractivity contribution in [3.63, 3.8) is 0 Å². The van der Waals surface area contributed by atoms with E-state index in [1.165, 1.54) is 62.7 Å². The van der Waals surface area contributed by atoms with E-state index in [4.69, 9.17) is 5.73 Å². The third kappa shape index (κ3) is 4.57. The number of carbonyl (C=O) groups excluding carboxylic acids is 1. The zero-order valence-electron chi connectivity index (χ0n) is 14.2. The summed E-state index contributed by atoms with van der Waals surface area (Å²) in [6.45, 7) is 3.62. The molecule has 1 amide bonds. The van der Waals surface area contributed by atoms with Crippen LogP contribution in [0.5, 0.6) is 0 Å². The van der Waals surface area contributed by atoms with Crippen molar-refractivity contribution in [1.82, 2.24) is 4.90 Å². The topological polar surface area (TPSA) is 46.3 Å². The first-order valence-electron chi connectivity index (χ1n) is 9.35. The van der Waals surface area contributed by atoms with E-state index in [0.29, 0.717) is 12.3 Å². The van der Waals surface area contributed by atoms with E-state index in [1.54, 1.807) is 5.56 Å². The number of hydrogen-bond acceptors (Lipinski definition) is 2.